The van der Waals surface area contributed by atoms with Gasteiger partial charge in [0.2, 0.25) is 10.0 Å². The molecule has 0 amide bonds. The molecule has 29 heavy (non-hydrogen) atoms. The number of aryl methyl sites for hydroxylation is 2. The molecule has 3 aromatic rings. The molecule has 1 saturated heterocycles. The summed E-state index contributed by atoms with van der Waals surface area (Å²) in [7, 11) is -3.59. The summed E-state index contributed by atoms with van der Waals surface area (Å²) in [6.07, 6.45) is 3.63. The number of nitrogens with zero attached hydrogens (tertiary/aromatic N) is 2. The van der Waals surface area contributed by atoms with Crippen molar-refractivity contribution in [1.29, 1.82) is 0 Å². The van der Waals surface area contributed by atoms with Crippen LogP contribution in [0.2, 0.25) is 0 Å². The van der Waals surface area contributed by atoms with Crippen LogP contribution in [0.1, 0.15) is 22.7 Å². The van der Waals surface area contributed by atoms with Gasteiger partial charge in [-0.05, 0) is 59.9 Å². The van der Waals surface area contributed by atoms with Crippen LogP contribution in [-0.2, 0) is 10.0 Å². The van der Waals surface area contributed by atoms with Crippen LogP contribution in [0.3, 0.4) is 0 Å². The van der Waals surface area contributed by atoms with Crippen molar-refractivity contribution >= 4 is 10.0 Å². The van der Waals surface area contributed by atoms with Crippen molar-refractivity contribution in [2.75, 3.05) is 19.6 Å². The van der Waals surface area contributed by atoms with Crippen molar-refractivity contribution in [1.82, 2.24) is 14.6 Å². The van der Waals surface area contributed by atoms with Crippen LogP contribution in [0.15, 0.2) is 71.9 Å². The minimum atomic E-state index is -3.59. The van der Waals surface area contributed by atoms with Gasteiger partial charge in [-0.15, -0.1) is 0 Å². The Morgan fingerprint density at radius 2 is 1.86 bits per heavy atom. The lowest BCUT2D eigenvalue weighted by molar-refractivity contribution is 0.271. The molecule has 1 aromatic heterocycles. The maximum Gasteiger partial charge on any atom is 0.243 e. The predicted molar refractivity (Wildman–Crippen MR) is 115 cm³/mol. The van der Waals surface area contributed by atoms with Gasteiger partial charge in [0, 0.05) is 32.0 Å². The second-order valence-electron chi connectivity index (χ2n) is 7.42. The van der Waals surface area contributed by atoms with Gasteiger partial charge in [0.05, 0.1) is 10.9 Å². The molecule has 1 atom stereocenters. The second-order valence-corrected chi connectivity index (χ2v) is 9.28. The summed E-state index contributed by atoms with van der Waals surface area (Å²) < 4.78 is 28.6. The Morgan fingerprint density at radius 1 is 1.03 bits per heavy atom. The first-order valence-corrected chi connectivity index (χ1v) is 11.2. The average Bonchev–Trinajstić information content (AvgIpc) is 2.74. The topological polar surface area (TPSA) is 62.3 Å². The largest absolute Gasteiger partial charge is 0.313 e. The van der Waals surface area contributed by atoms with E-state index in [2.05, 4.69) is 22.4 Å². The Morgan fingerprint density at radius 3 is 2.66 bits per heavy atom. The van der Waals surface area contributed by atoms with Crippen LogP contribution >= 0.6 is 0 Å². The van der Waals surface area contributed by atoms with E-state index in [0.717, 1.165) is 27.8 Å². The highest BCUT2D eigenvalue weighted by Gasteiger charge is 2.35. The quantitative estimate of drug-likeness (QED) is 0.716. The van der Waals surface area contributed by atoms with Crippen molar-refractivity contribution < 1.29 is 8.42 Å². The SMILES string of the molecule is Cc1cnccc1-c1cccc(C2CNCCN2S(=O)(=O)c2ccccc2C)c1. The average molecular weight is 408 g/mol. The van der Waals surface area contributed by atoms with Gasteiger partial charge in [-0.25, -0.2) is 8.42 Å². The van der Waals surface area contributed by atoms with Crippen molar-refractivity contribution in [2.45, 2.75) is 24.8 Å². The van der Waals surface area contributed by atoms with Crippen molar-refractivity contribution in [3.8, 4) is 11.1 Å². The molecule has 5 nitrogen and oxygen atoms in total. The van der Waals surface area contributed by atoms with Crippen LogP contribution in [0.4, 0.5) is 0 Å². The molecule has 2 aromatic carbocycles. The minimum absolute atomic E-state index is 0.254. The van der Waals surface area contributed by atoms with Gasteiger partial charge in [0.1, 0.15) is 0 Å². The van der Waals surface area contributed by atoms with Crippen molar-refractivity contribution in [2.24, 2.45) is 0 Å². The molecule has 150 valence electrons. The molecule has 0 spiro atoms. The number of pyridine rings is 1. The highest BCUT2D eigenvalue weighted by molar-refractivity contribution is 7.89. The van der Waals surface area contributed by atoms with Crippen LogP contribution < -0.4 is 5.32 Å². The molecule has 0 saturated carbocycles. The van der Waals surface area contributed by atoms with E-state index in [4.69, 9.17) is 0 Å². The van der Waals surface area contributed by atoms with Crippen LogP contribution in [0.5, 0.6) is 0 Å². The van der Waals surface area contributed by atoms with Crippen LogP contribution in [0, 0.1) is 13.8 Å². The molecule has 6 heteroatoms. The van der Waals surface area contributed by atoms with E-state index in [1.807, 2.05) is 50.4 Å². The number of sulfonamides is 1. The maximum absolute atomic E-state index is 13.5. The van der Waals surface area contributed by atoms with E-state index in [9.17, 15) is 8.42 Å². The van der Waals surface area contributed by atoms with Crippen molar-refractivity contribution in [3.63, 3.8) is 0 Å². The molecular formula is C23H25N3O2S. The highest BCUT2D eigenvalue weighted by atomic mass is 32.2. The smallest absolute Gasteiger partial charge is 0.243 e. The van der Waals surface area contributed by atoms with Gasteiger partial charge >= 0.3 is 0 Å². The van der Waals surface area contributed by atoms with E-state index in [-0.39, 0.29) is 6.04 Å². The monoisotopic (exact) mass is 407 g/mol. The molecule has 0 aliphatic carbocycles. The first-order valence-electron chi connectivity index (χ1n) is 9.77. The number of hydrogen-bond acceptors (Lipinski definition) is 4. The zero-order valence-corrected chi connectivity index (χ0v) is 17.5. The molecule has 1 aliphatic rings. The fourth-order valence-corrected chi connectivity index (χ4v) is 5.78. The Kier molecular flexibility index (Phi) is 5.50. The zero-order valence-electron chi connectivity index (χ0n) is 16.7. The van der Waals surface area contributed by atoms with Crippen LogP contribution in [-0.4, -0.2) is 37.3 Å². The molecular weight excluding hydrogens is 382 g/mol. The van der Waals surface area contributed by atoms with Gasteiger partial charge in [0.25, 0.3) is 0 Å². The highest BCUT2D eigenvalue weighted by Crippen LogP contribution is 2.32. The third-order valence-electron chi connectivity index (χ3n) is 5.48. The van der Waals surface area contributed by atoms with E-state index in [0.29, 0.717) is 24.5 Å². The zero-order chi connectivity index (χ0) is 20.4. The Labute approximate surface area is 172 Å². The number of nitrogens with one attached hydrogen (secondary N) is 1. The number of piperazine rings is 1. The summed E-state index contributed by atoms with van der Waals surface area (Å²) in [4.78, 5) is 4.55. The Bertz CT molecular complexity index is 1130. The fraction of sp³-hybridized carbons (Fsp3) is 0.261. The number of hydrogen-bond donors (Lipinski definition) is 1. The standard InChI is InChI=1S/C23H25N3O2S/c1-17-6-3-4-9-23(17)29(27,28)26-13-12-25-16-22(26)20-8-5-7-19(14-20)21-10-11-24-15-18(21)2/h3-11,14-15,22,25H,12-13,16H2,1-2H3. The lowest BCUT2D eigenvalue weighted by Gasteiger charge is -2.36. The minimum Gasteiger partial charge on any atom is -0.313 e. The van der Waals surface area contributed by atoms with Crippen molar-refractivity contribution in [3.05, 3.63) is 83.7 Å². The number of benzene rings is 2. The van der Waals surface area contributed by atoms with E-state index >= 15 is 0 Å². The Balaban J connectivity index is 1.75. The van der Waals surface area contributed by atoms with E-state index in [1.54, 1.807) is 22.6 Å². The van der Waals surface area contributed by atoms with E-state index in [1.165, 1.54) is 0 Å². The third kappa shape index (κ3) is 3.83. The lowest BCUT2D eigenvalue weighted by Crippen LogP contribution is -2.48. The first kappa shape index (κ1) is 19.8. The van der Waals surface area contributed by atoms with Gasteiger partial charge in [-0.1, -0.05) is 36.4 Å². The molecule has 4 rings (SSSR count). The number of aromatic nitrogens is 1. The normalized spacial score (nSPS) is 17.9. The van der Waals surface area contributed by atoms with Gasteiger partial charge in [-0.3, -0.25) is 4.98 Å². The summed E-state index contributed by atoms with van der Waals surface area (Å²) >= 11 is 0. The maximum atomic E-state index is 13.5. The van der Waals surface area contributed by atoms with Gasteiger partial charge in [-0.2, -0.15) is 4.31 Å². The van der Waals surface area contributed by atoms with Gasteiger partial charge < -0.3 is 5.32 Å². The lowest BCUT2D eigenvalue weighted by atomic mass is 9.97. The molecule has 1 fully saturated rings. The molecule has 1 aliphatic heterocycles. The predicted octanol–water partition coefficient (Wildman–Crippen LogP) is 3.70. The van der Waals surface area contributed by atoms with Crippen LogP contribution in [0.25, 0.3) is 11.1 Å². The molecule has 0 bridgehead atoms. The summed E-state index contributed by atoms with van der Waals surface area (Å²) in [5.41, 5.74) is 5.03. The number of rotatable bonds is 4. The summed E-state index contributed by atoms with van der Waals surface area (Å²) in [6, 6.07) is 17.1. The Hall–Kier alpha value is -2.54. The molecule has 1 unspecified atom stereocenters. The molecule has 1 N–H and O–H groups in total. The second kappa shape index (κ2) is 8.06. The van der Waals surface area contributed by atoms with Gasteiger partial charge in [0.15, 0.2) is 0 Å². The molecule has 2 heterocycles. The first-order chi connectivity index (χ1) is 14.0. The summed E-state index contributed by atoms with van der Waals surface area (Å²) in [5, 5.41) is 3.36. The third-order valence-corrected chi connectivity index (χ3v) is 7.55. The summed E-state index contributed by atoms with van der Waals surface area (Å²) in [6.45, 7) is 5.55. The fourth-order valence-electron chi connectivity index (χ4n) is 3.94. The van der Waals surface area contributed by atoms with E-state index < -0.39 is 10.0 Å². The molecule has 0 radical (unpaired) electrons. The summed E-state index contributed by atoms with van der Waals surface area (Å²) in [5.74, 6) is 0.